The number of hydrogen-bond donors (Lipinski definition) is 2. The van der Waals surface area contributed by atoms with E-state index >= 15 is 0 Å². The number of hydrogen-bond acceptors (Lipinski definition) is 13. The number of fused-ring (bicyclic) bond motifs is 4. The number of carbonyl (C=O) groups excluding carboxylic acids is 1. The first-order valence-electron chi connectivity index (χ1n) is 24.3. The van der Waals surface area contributed by atoms with Crippen LogP contribution in [0.15, 0.2) is 125 Å². The lowest BCUT2D eigenvalue weighted by atomic mass is 9.91. The van der Waals surface area contributed by atoms with E-state index in [4.69, 9.17) is 18.9 Å². The van der Waals surface area contributed by atoms with Crippen LogP contribution >= 0.6 is 22.7 Å². The van der Waals surface area contributed by atoms with Crippen LogP contribution < -0.4 is 9.47 Å². The van der Waals surface area contributed by atoms with Crippen LogP contribution in [0, 0.1) is 33.6 Å². The van der Waals surface area contributed by atoms with Crippen LogP contribution in [-0.4, -0.2) is 79.2 Å². The maximum Gasteiger partial charge on any atom is 0.195 e. The molecular weight excluding hydrogens is 929 g/mol. The molecule has 71 heavy (non-hydrogen) atoms. The zero-order chi connectivity index (χ0) is 49.9. The predicted octanol–water partition coefficient (Wildman–Crippen LogP) is 13.0. The molecule has 2 aliphatic rings. The fourth-order valence-electron chi connectivity index (χ4n) is 8.78. The number of benzene rings is 4. The molecule has 0 aliphatic carbocycles. The molecule has 0 atom stereocenters. The maximum absolute atomic E-state index is 13.9. The average Bonchev–Trinajstić information content (AvgIpc) is 4.16. The van der Waals surface area contributed by atoms with Crippen LogP contribution in [0.3, 0.4) is 0 Å². The molecule has 0 amide bonds. The molecule has 2 aliphatic heterocycles. The van der Waals surface area contributed by atoms with E-state index in [1.165, 1.54) is 46.6 Å². The highest BCUT2D eigenvalue weighted by Crippen LogP contribution is 2.42. The van der Waals surface area contributed by atoms with Crippen molar-refractivity contribution in [1.82, 2.24) is 24.6 Å². The van der Waals surface area contributed by atoms with E-state index in [-0.39, 0.29) is 17.3 Å². The number of unbranched alkanes of at least 4 members (excludes halogenated alkanes) is 1. The second-order valence-electron chi connectivity index (χ2n) is 17.7. The van der Waals surface area contributed by atoms with Crippen LogP contribution in [0.2, 0.25) is 0 Å². The fourth-order valence-corrected chi connectivity index (χ4v) is 11.2. The number of ether oxygens (including phenoxy) is 2. The summed E-state index contributed by atoms with van der Waals surface area (Å²) >= 11 is 3.23. The van der Waals surface area contributed by atoms with Crippen molar-refractivity contribution in [1.29, 1.82) is 0 Å². The van der Waals surface area contributed by atoms with E-state index in [1.807, 2.05) is 57.2 Å². The van der Waals surface area contributed by atoms with Crippen LogP contribution in [0.4, 0.5) is 0 Å². The van der Waals surface area contributed by atoms with Gasteiger partial charge >= 0.3 is 0 Å². The van der Waals surface area contributed by atoms with Crippen molar-refractivity contribution >= 4 is 44.3 Å². The highest BCUT2D eigenvalue weighted by atomic mass is 32.1. The molecule has 4 aromatic carbocycles. The number of piperidine rings is 1. The monoisotopic (exact) mass is 990 g/mol. The quantitative estimate of drug-likeness (QED) is 0.0613. The molecule has 0 saturated carbocycles. The summed E-state index contributed by atoms with van der Waals surface area (Å²) in [6, 6.07) is 27.7. The molecule has 14 heteroatoms. The number of aromatic nitrogens is 4. The van der Waals surface area contributed by atoms with E-state index in [0.29, 0.717) is 30.9 Å². The molecule has 1 saturated heterocycles. The van der Waals surface area contributed by atoms with Crippen LogP contribution in [0.5, 0.6) is 23.0 Å². The van der Waals surface area contributed by atoms with E-state index in [0.717, 1.165) is 104 Å². The average molecular weight is 991 g/mol. The SMILES string of the molecule is C/C=C\C.Cc1ncco1.Cc1sc2c(c1C)C(c1ccc(OCCCCC3CCN(CCOc4ccc(C(=O)c5c(-c6ccc(O)cc6)sc6cc(O)ccc56)cc4)CC3)cc1)=NCc1nnc(C)n1-2. The van der Waals surface area contributed by atoms with Crippen molar-refractivity contribution in [2.24, 2.45) is 10.9 Å². The number of ketones is 1. The van der Waals surface area contributed by atoms with Gasteiger partial charge in [-0.3, -0.25) is 19.3 Å². The van der Waals surface area contributed by atoms with Gasteiger partial charge in [-0.15, -0.1) is 32.9 Å². The van der Waals surface area contributed by atoms with Gasteiger partial charge < -0.3 is 24.1 Å². The summed E-state index contributed by atoms with van der Waals surface area (Å²) in [6.45, 7) is 17.0. The number of aliphatic imine (C=N–C) groups is 1. The first-order valence-corrected chi connectivity index (χ1v) is 25.9. The fraction of sp³-hybridized carbons (Fsp3) is 0.316. The van der Waals surface area contributed by atoms with Gasteiger partial charge in [0.15, 0.2) is 17.5 Å². The van der Waals surface area contributed by atoms with Crippen molar-refractivity contribution in [3.05, 3.63) is 166 Å². The summed E-state index contributed by atoms with van der Waals surface area (Å²) in [5, 5.41) is 30.6. The highest BCUT2D eigenvalue weighted by molar-refractivity contribution is 7.22. The minimum Gasteiger partial charge on any atom is -0.508 e. The van der Waals surface area contributed by atoms with Crippen LogP contribution in [0.25, 0.3) is 25.5 Å². The molecular formula is C57H62N6O6S2. The largest absolute Gasteiger partial charge is 0.508 e. The molecule has 8 aromatic rings. The predicted molar refractivity (Wildman–Crippen MR) is 285 cm³/mol. The van der Waals surface area contributed by atoms with Crippen LogP contribution in [-0.2, 0) is 6.54 Å². The summed E-state index contributed by atoms with van der Waals surface area (Å²) in [5.41, 5.74) is 6.50. The van der Waals surface area contributed by atoms with Gasteiger partial charge in [0.1, 0.15) is 53.2 Å². The number of phenols is 2. The number of aryl methyl sites for hydroxylation is 3. The molecule has 4 aromatic heterocycles. The number of thiophene rings is 2. The summed E-state index contributed by atoms with van der Waals surface area (Å²) in [7, 11) is 0. The summed E-state index contributed by atoms with van der Waals surface area (Å²) in [5.74, 6) is 5.07. The minimum absolute atomic E-state index is 0.0972. The summed E-state index contributed by atoms with van der Waals surface area (Å²) in [4.78, 5) is 27.3. The molecule has 0 spiro atoms. The number of likely N-dealkylation sites (tertiary alicyclic amines) is 1. The van der Waals surface area contributed by atoms with E-state index in [2.05, 4.69) is 62.8 Å². The van der Waals surface area contributed by atoms with E-state index in [9.17, 15) is 15.0 Å². The number of carbonyl (C=O) groups is 1. The van der Waals surface area contributed by atoms with Gasteiger partial charge in [0.25, 0.3) is 0 Å². The third-order valence-electron chi connectivity index (χ3n) is 12.9. The summed E-state index contributed by atoms with van der Waals surface area (Å²) < 4.78 is 20.0. The smallest absolute Gasteiger partial charge is 0.195 e. The lowest BCUT2D eigenvalue weighted by molar-refractivity contribution is 0.104. The summed E-state index contributed by atoms with van der Waals surface area (Å²) in [6.07, 6.45) is 13.0. The minimum atomic E-state index is -0.0972. The number of oxazole rings is 1. The Bertz CT molecular complexity index is 3070. The highest BCUT2D eigenvalue weighted by Gasteiger charge is 2.27. The molecule has 1 fully saturated rings. The number of nitrogens with zero attached hydrogens (tertiary/aromatic N) is 6. The van der Waals surface area contributed by atoms with Gasteiger partial charge in [-0.2, -0.15) is 0 Å². The standard InChI is InChI=1S/C49H49N5O5S2.C4H5NO.C4H8/c1-30-31(2)60-49-44(30)46(50-29-43-52-51-32(3)54(43)49)34-9-16-39(17-10-34)58-26-5-4-6-33-21-23-53(24-22-33)25-27-59-40-18-11-35(12-19-40)47(57)45-41-20-15-38(56)28-42(41)61-48(45)36-7-13-37(55)14-8-36;1-4-5-2-3-6-4;1-3-4-2/h7-20,28,33,55-56H,4-6,21-27,29H2,1-3H3;2-3H,1H3;3-4H,1-2H3/b;;4-3-. The number of aromatic hydroxyl groups is 2. The zero-order valence-electron chi connectivity index (χ0n) is 41.4. The first-order chi connectivity index (χ1) is 34.5. The Balaban J connectivity index is 0.000000610. The molecule has 0 unspecified atom stereocenters. The van der Waals surface area contributed by atoms with Gasteiger partial charge in [-0.05, 0) is 181 Å². The second kappa shape index (κ2) is 23.8. The second-order valence-corrected chi connectivity index (χ2v) is 20.0. The maximum atomic E-state index is 13.9. The zero-order valence-corrected chi connectivity index (χ0v) is 43.0. The Morgan fingerprint density at radius 2 is 1.48 bits per heavy atom. The normalized spacial score (nSPS) is 13.6. The molecule has 0 radical (unpaired) electrons. The topological polar surface area (TPSA) is 148 Å². The van der Waals surface area contributed by atoms with Gasteiger partial charge in [0.2, 0.25) is 0 Å². The molecule has 2 N–H and O–H groups in total. The number of phenolic OH excluding ortho intramolecular Hbond substituents is 2. The van der Waals surface area contributed by atoms with Gasteiger partial charge in [0.05, 0.1) is 18.5 Å². The Labute approximate surface area is 424 Å². The van der Waals surface area contributed by atoms with Gasteiger partial charge in [0, 0.05) is 55.6 Å². The van der Waals surface area contributed by atoms with Crippen molar-refractivity contribution in [2.75, 3.05) is 32.8 Å². The molecule has 0 bridgehead atoms. The lowest BCUT2D eigenvalue weighted by Crippen LogP contribution is -2.36. The van der Waals surface area contributed by atoms with Gasteiger partial charge in [-0.1, -0.05) is 18.6 Å². The molecule has 10 rings (SSSR count). The number of allylic oxidation sites excluding steroid dienone is 2. The van der Waals surface area contributed by atoms with Crippen molar-refractivity contribution in [3.8, 4) is 38.4 Å². The van der Waals surface area contributed by atoms with E-state index < -0.39 is 0 Å². The third-order valence-corrected chi connectivity index (χ3v) is 15.3. The molecule has 6 heterocycles. The van der Waals surface area contributed by atoms with Crippen LogP contribution in [0.1, 0.15) is 101 Å². The lowest BCUT2D eigenvalue weighted by Gasteiger charge is -2.31. The van der Waals surface area contributed by atoms with Gasteiger partial charge in [-0.25, -0.2) is 4.98 Å². The Morgan fingerprint density at radius 3 is 2.14 bits per heavy atom. The number of rotatable bonds is 14. The first kappa shape index (κ1) is 50.5. The molecule has 368 valence electrons. The van der Waals surface area contributed by atoms with Crippen molar-refractivity contribution in [2.45, 2.75) is 80.2 Å². The Hall–Kier alpha value is -6.87. The van der Waals surface area contributed by atoms with E-state index in [1.54, 1.807) is 73.2 Å². The molecule has 12 nitrogen and oxygen atoms in total. The Kier molecular flexibility index (Phi) is 17.0. The third kappa shape index (κ3) is 12.4. The van der Waals surface area contributed by atoms with Crippen molar-refractivity contribution in [3.63, 3.8) is 0 Å². The Morgan fingerprint density at radius 1 is 0.803 bits per heavy atom. The van der Waals surface area contributed by atoms with Crippen molar-refractivity contribution < 1.29 is 28.9 Å².